The summed E-state index contributed by atoms with van der Waals surface area (Å²) in [6.07, 6.45) is 0. The molecule has 0 aliphatic heterocycles. The first-order valence-corrected chi connectivity index (χ1v) is 7.59. The Balaban J connectivity index is 2.35. The van der Waals surface area contributed by atoms with Crippen LogP contribution < -0.4 is 10.5 Å². The summed E-state index contributed by atoms with van der Waals surface area (Å²) in [5.74, 6) is -1.28. The summed E-state index contributed by atoms with van der Waals surface area (Å²) < 4.78 is 36.1. The largest absolute Gasteiger partial charge is 0.319 e. The van der Waals surface area contributed by atoms with Crippen molar-refractivity contribution in [2.45, 2.75) is 4.90 Å². The maximum atomic E-state index is 13.4. The zero-order valence-electron chi connectivity index (χ0n) is 10.5. The van der Waals surface area contributed by atoms with Gasteiger partial charge in [-0.3, -0.25) is 4.79 Å². The molecular formula is C13H10ClFN2O3S. The van der Waals surface area contributed by atoms with Crippen molar-refractivity contribution < 1.29 is 17.6 Å². The van der Waals surface area contributed by atoms with Crippen LogP contribution in [0.5, 0.6) is 0 Å². The average molecular weight is 329 g/mol. The number of para-hydroxylation sites is 1. The van der Waals surface area contributed by atoms with E-state index in [9.17, 15) is 17.6 Å². The molecule has 2 aromatic carbocycles. The molecule has 0 fully saturated rings. The molecule has 0 saturated heterocycles. The molecule has 3 N–H and O–H groups in total. The number of anilines is 1. The Morgan fingerprint density at radius 1 is 1.19 bits per heavy atom. The molecule has 0 bridgehead atoms. The summed E-state index contributed by atoms with van der Waals surface area (Å²) in [4.78, 5) is 11.6. The van der Waals surface area contributed by atoms with Crippen molar-refractivity contribution in [2.75, 3.05) is 5.32 Å². The van der Waals surface area contributed by atoms with Crippen molar-refractivity contribution in [1.29, 1.82) is 0 Å². The summed E-state index contributed by atoms with van der Waals surface area (Å²) >= 11 is 5.72. The fourth-order valence-corrected chi connectivity index (χ4v) is 2.69. The summed E-state index contributed by atoms with van der Waals surface area (Å²) in [5.41, 5.74) is -0.0266. The van der Waals surface area contributed by atoms with Gasteiger partial charge in [0.2, 0.25) is 10.0 Å². The smallest absolute Gasteiger partial charge is 0.255 e. The van der Waals surface area contributed by atoms with Gasteiger partial charge >= 0.3 is 0 Å². The minimum Gasteiger partial charge on any atom is -0.319 e. The number of nitrogens with two attached hydrogens (primary N) is 1. The molecule has 21 heavy (non-hydrogen) atoms. The monoisotopic (exact) mass is 328 g/mol. The molecule has 2 aromatic rings. The highest BCUT2D eigenvalue weighted by Gasteiger charge is 2.17. The first-order valence-electron chi connectivity index (χ1n) is 5.67. The number of primary sulfonamides is 1. The molecule has 0 aliphatic carbocycles. The third kappa shape index (κ3) is 3.57. The van der Waals surface area contributed by atoms with Crippen molar-refractivity contribution in [2.24, 2.45) is 5.14 Å². The molecular weight excluding hydrogens is 319 g/mol. The predicted molar refractivity (Wildman–Crippen MR) is 77.2 cm³/mol. The average Bonchev–Trinajstić information content (AvgIpc) is 2.40. The van der Waals surface area contributed by atoms with Crippen LogP contribution in [0.4, 0.5) is 10.1 Å². The van der Waals surface area contributed by atoms with Crippen LogP contribution in [0.25, 0.3) is 0 Å². The van der Waals surface area contributed by atoms with Crippen LogP contribution >= 0.6 is 11.6 Å². The topological polar surface area (TPSA) is 89.3 Å². The Kier molecular flexibility index (Phi) is 4.26. The molecule has 1 amide bonds. The fraction of sp³-hybridized carbons (Fsp3) is 0. The minimum absolute atomic E-state index is 0.00771. The molecule has 0 aromatic heterocycles. The number of hydrogen-bond acceptors (Lipinski definition) is 3. The molecule has 0 atom stereocenters. The Bertz CT molecular complexity index is 809. The summed E-state index contributed by atoms with van der Waals surface area (Å²) in [6, 6.07) is 9.18. The molecule has 0 spiro atoms. The van der Waals surface area contributed by atoms with Crippen molar-refractivity contribution in [3.8, 4) is 0 Å². The summed E-state index contributed by atoms with van der Waals surface area (Å²) in [5, 5.41) is 7.23. The van der Waals surface area contributed by atoms with Gasteiger partial charge in [-0.05, 0) is 30.3 Å². The van der Waals surface area contributed by atoms with Gasteiger partial charge in [0.25, 0.3) is 5.91 Å². The summed E-state index contributed by atoms with van der Waals surface area (Å²) in [7, 11) is -4.06. The molecule has 8 heteroatoms. The number of rotatable bonds is 3. The molecule has 2 rings (SSSR count). The molecule has 0 saturated carbocycles. The van der Waals surface area contributed by atoms with E-state index in [0.29, 0.717) is 0 Å². The van der Waals surface area contributed by atoms with Gasteiger partial charge in [0, 0.05) is 5.56 Å². The van der Waals surface area contributed by atoms with Crippen molar-refractivity contribution in [3.05, 3.63) is 58.9 Å². The lowest BCUT2D eigenvalue weighted by Gasteiger charge is -2.08. The SMILES string of the molecule is NS(=O)(=O)c1cc(C(=O)Nc2ccccc2F)ccc1Cl. The van der Waals surface area contributed by atoms with Crippen LogP contribution in [-0.4, -0.2) is 14.3 Å². The van der Waals surface area contributed by atoms with E-state index in [1.54, 1.807) is 6.07 Å². The molecule has 0 heterocycles. The molecule has 5 nitrogen and oxygen atoms in total. The Morgan fingerprint density at radius 2 is 1.86 bits per heavy atom. The van der Waals surface area contributed by atoms with E-state index in [0.717, 1.165) is 6.07 Å². The number of nitrogens with one attached hydrogen (secondary N) is 1. The second kappa shape index (κ2) is 5.80. The van der Waals surface area contributed by atoms with Crippen LogP contribution in [0, 0.1) is 5.82 Å². The van der Waals surface area contributed by atoms with Gasteiger partial charge in [-0.2, -0.15) is 0 Å². The predicted octanol–water partition coefficient (Wildman–Crippen LogP) is 2.38. The van der Waals surface area contributed by atoms with E-state index < -0.39 is 21.7 Å². The zero-order chi connectivity index (χ0) is 15.6. The van der Waals surface area contributed by atoms with Crippen LogP contribution in [0.1, 0.15) is 10.4 Å². The minimum atomic E-state index is -4.06. The Hall–Kier alpha value is -1.96. The van der Waals surface area contributed by atoms with Gasteiger partial charge in [-0.15, -0.1) is 0 Å². The van der Waals surface area contributed by atoms with Crippen LogP contribution in [-0.2, 0) is 10.0 Å². The van der Waals surface area contributed by atoms with Gasteiger partial charge in [-0.1, -0.05) is 23.7 Å². The summed E-state index contributed by atoms with van der Waals surface area (Å²) in [6.45, 7) is 0. The molecule has 0 unspecified atom stereocenters. The molecule has 0 radical (unpaired) electrons. The van der Waals surface area contributed by atoms with E-state index in [2.05, 4.69) is 5.32 Å². The highest BCUT2D eigenvalue weighted by molar-refractivity contribution is 7.89. The Morgan fingerprint density at radius 3 is 2.48 bits per heavy atom. The highest BCUT2D eigenvalue weighted by Crippen LogP contribution is 2.22. The van der Waals surface area contributed by atoms with Crippen molar-refractivity contribution >= 4 is 33.2 Å². The van der Waals surface area contributed by atoms with Gasteiger partial charge in [-0.25, -0.2) is 17.9 Å². The van der Waals surface area contributed by atoms with Gasteiger partial charge < -0.3 is 5.32 Å². The van der Waals surface area contributed by atoms with E-state index >= 15 is 0 Å². The first-order chi connectivity index (χ1) is 9.79. The highest BCUT2D eigenvalue weighted by atomic mass is 35.5. The maximum Gasteiger partial charge on any atom is 0.255 e. The zero-order valence-corrected chi connectivity index (χ0v) is 12.1. The maximum absolute atomic E-state index is 13.4. The number of carbonyl (C=O) groups excluding carboxylic acids is 1. The van der Waals surface area contributed by atoms with E-state index in [4.69, 9.17) is 16.7 Å². The lowest BCUT2D eigenvalue weighted by Crippen LogP contribution is -2.16. The number of benzene rings is 2. The van der Waals surface area contributed by atoms with Crippen molar-refractivity contribution in [3.63, 3.8) is 0 Å². The van der Waals surface area contributed by atoms with E-state index in [1.807, 2.05) is 0 Å². The number of hydrogen-bond donors (Lipinski definition) is 2. The first kappa shape index (κ1) is 15.4. The van der Waals surface area contributed by atoms with Crippen LogP contribution in [0.2, 0.25) is 5.02 Å². The number of sulfonamides is 1. The fourth-order valence-electron chi connectivity index (χ4n) is 1.62. The van der Waals surface area contributed by atoms with Crippen LogP contribution in [0.3, 0.4) is 0 Å². The lowest BCUT2D eigenvalue weighted by atomic mass is 10.2. The molecule has 110 valence electrons. The lowest BCUT2D eigenvalue weighted by molar-refractivity contribution is 0.102. The van der Waals surface area contributed by atoms with Gasteiger partial charge in [0.05, 0.1) is 10.7 Å². The normalized spacial score (nSPS) is 11.2. The van der Waals surface area contributed by atoms with E-state index in [-0.39, 0.29) is 21.2 Å². The third-order valence-electron chi connectivity index (χ3n) is 2.62. The van der Waals surface area contributed by atoms with Gasteiger partial charge in [0.15, 0.2) is 0 Å². The van der Waals surface area contributed by atoms with Crippen molar-refractivity contribution in [1.82, 2.24) is 0 Å². The standard InChI is InChI=1S/C13H10ClFN2O3S/c14-9-6-5-8(7-12(9)21(16,19)20)13(18)17-11-4-2-1-3-10(11)15/h1-7H,(H,17,18)(H2,16,19,20). The quantitative estimate of drug-likeness (QED) is 0.906. The Labute approximate surface area is 125 Å². The van der Waals surface area contributed by atoms with E-state index in [1.165, 1.54) is 30.3 Å². The van der Waals surface area contributed by atoms with Crippen LogP contribution in [0.15, 0.2) is 47.4 Å². The van der Waals surface area contributed by atoms with Gasteiger partial charge in [0.1, 0.15) is 10.7 Å². The number of halogens is 2. The second-order valence-corrected chi connectivity index (χ2v) is 6.06. The third-order valence-corrected chi connectivity index (χ3v) is 4.01. The molecule has 0 aliphatic rings. The second-order valence-electron chi connectivity index (χ2n) is 4.12. The number of amides is 1. The number of carbonyl (C=O) groups is 1.